The summed E-state index contributed by atoms with van der Waals surface area (Å²) in [5.41, 5.74) is 0. The molecule has 2 fully saturated rings. The third-order valence-electron chi connectivity index (χ3n) is 5.19. The molecule has 1 aromatic heterocycles. The maximum atomic E-state index is 12.2. The van der Waals surface area contributed by atoms with Gasteiger partial charge in [0.15, 0.2) is 0 Å². The zero-order valence-electron chi connectivity index (χ0n) is 14.0. The maximum Gasteiger partial charge on any atom is 0.222 e. The van der Waals surface area contributed by atoms with Crippen molar-refractivity contribution in [2.24, 2.45) is 0 Å². The Balaban J connectivity index is 1.43. The highest BCUT2D eigenvalue weighted by molar-refractivity contribution is 5.76. The van der Waals surface area contributed by atoms with Gasteiger partial charge in [-0.05, 0) is 32.2 Å². The number of aryl methyl sites for hydroxylation is 1. The number of hydrogen-bond donors (Lipinski definition) is 1. The molecule has 23 heavy (non-hydrogen) atoms. The molecule has 1 aliphatic heterocycles. The largest absolute Gasteiger partial charge is 0.352 e. The van der Waals surface area contributed by atoms with E-state index >= 15 is 0 Å². The van der Waals surface area contributed by atoms with Crippen LogP contribution in [0.15, 0.2) is 12.7 Å². The Morgan fingerprint density at radius 3 is 2.70 bits per heavy atom. The number of carbonyl (C=O) groups is 1. The summed E-state index contributed by atoms with van der Waals surface area (Å²) in [6, 6.07) is 1.06. The van der Waals surface area contributed by atoms with E-state index in [1.165, 1.54) is 57.8 Å². The molecule has 1 saturated carbocycles. The van der Waals surface area contributed by atoms with Crippen LogP contribution in [0.2, 0.25) is 0 Å². The fourth-order valence-corrected chi connectivity index (χ4v) is 3.94. The zero-order chi connectivity index (χ0) is 15.9. The summed E-state index contributed by atoms with van der Waals surface area (Å²) >= 11 is 0. The van der Waals surface area contributed by atoms with E-state index in [1.54, 1.807) is 11.0 Å². The normalized spacial score (nSPS) is 24.3. The number of carbonyl (C=O) groups excluding carboxylic acids is 1. The van der Waals surface area contributed by atoms with Gasteiger partial charge in [0.1, 0.15) is 12.7 Å². The Kier molecular flexibility index (Phi) is 6.02. The van der Waals surface area contributed by atoms with Crippen molar-refractivity contribution in [3.05, 3.63) is 12.7 Å². The van der Waals surface area contributed by atoms with Crippen LogP contribution >= 0.6 is 0 Å². The Labute approximate surface area is 138 Å². The molecule has 2 heterocycles. The van der Waals surface area contributed by atoms with Crippen molar-refractivity contribution >= 4 is 5.91 Å². The first-order valence-corrected chi connectivity index (χ1v) is 9.17. The van der Waals surface area contributed by atoms with E-state index < -0.39 is 0 Å². The summed E-state index contributed by atoms with van der Waals surface area (Å²) in [5.74, 6) is 0.133. The second-order valence-corrected chi connectivity index (χ2v) is 6.96. The van der Waals surface area contributed by atoms with Crippen LogP contribution in [-0.2, 0) is 11.3 Å². The Morgan fingerprint density at radius 1 is 1.13 bits per heavy atom. The van der Waals surface area contributed by atoms with Gasteiger partial charge in [0, 0.05) is 25.0 Å². The van der Waals surface area contributed by atoms with Crippen LogP contribution in [0.4, 0.5) is 0 Å². The predicted molar refractivity (Wildman–Crippen MR) is 88.9 cm³/mol. The van der Waals surface area contributed by atoms with E-state index in [1.807, 2.05) is 0 Å². The maximum absolute atomic E-state index is 12.2. The van der Waals surface area contributed by atoms with Crippen LogP contribution in [0.3, 0.4) is 0 Å². The lowest BCUT2D eigenvalue weighted by Crippen LogP contribution is -2.51. The first-order valence-electron chi connectivity index (χ1n) is 9.17. The molecular formula is C17H29N5O. The molecule has 1 saturated heterocycles. The van der Waals surface area contributed by atoms with E-state index in [0.29, 0.717) is 19.0 Å². The van der Waals surface area contributed by atoms with Gasteiger partial charge in [-0.1, -0.05) is 25.7 Å². The number of likely N-dealkylation sites (tertiary alicyclic amines) is 1. The van der Waals surface area contributed by atoms with Crippen LogP contribution in [0.25, 0.3) is 0 Å². The molecule has 6 heteroatoms. The summed E-state index contributed by atoms with van der Waals surface area (Å²) in [6.45, 7) is 2.83. The summed E-state index contributed by atoms with van der Waals surface area (Å²) in [7, 11) is 0. The highest BCUT2D eigenvalue weighted by Crippen LogP contribution is 2.24. The van der Waals surface area contributed by atoms with Crippen molar-refractivity contribution in [1.29, 1.82) is 0 Å². The molecular weight excluding hydrogens is 290 g/mol. The molecule has 3 rings (SSSR count). The van der Waals surface area contributed by atoms with Crippen LogP contribution in [0.1, 0.15) is 57.8 Å². The Morgan fingerprint density at radius 2 is 1.96 bits per heavy atom. The molecule has 6 nitrogen and oxygen atoms in total. The number of aromatic nitrogens is 3. The van der Waals surface area contributed by atoms with Gasteiger partial charge in [-0.3, -0.25) is 14.4 Å². The molecule has 1 N–H and O–H groups in total. The Bertz CT molecular complexity index is 467. The van der Waals surface area contributed by atoms with Crippen molar-refractivity contribution in [2.75, 3.05) is 13.1 Å². The minimum absolute atomic E-state index is 0.133. The smallest absolute Gasteiger partial charge is 0.222 e. The van der Waals surface area contributed by atoms with Gasteiger partial charge in [-0.15, -0.1) is 0 Å². The number of rotatable bonds is 5. The lowest BCUT2D eigenvalue weighted by molar-refractivity contribution is -0.122. The third kappa shape index (κ3) is 5.03. The van der Waals surface area contributed by atoms with Gasteiger partial charge >= 0.3 is 0 Å². The zero-order valence-corrected chi connectivity index (χ0v) is 14.0. The lowest BCUT2D eigenvalue weighted by Gasteiger charge is -2.38. The van der Waals surface area contributed by atoms with E-state index in [4.69, 9.17) is 0 Å². The topological polar surface area (TPSA) is 63.1 Å². The number of nitrogens with zero attached hydrogens (tertiary/aromatic N) is 4. The monoisotopic (exact) mass is 319 g/mol. The molecule has 0 bridgehead atoms. The minimum Gasteiger partial charge on any atom is -0.352 e. The first-order chi connectivity index (χ1) is 11.3. The van der Waals surface area contributed by atoms with Crippen molar-refractivity contribution in [1.82, 2.24) is 25.0 Å². The summed E-state index contributed by atoms with van der Waals surface area (Å²) < 4.78 is 1.71. The third-order valence-corrected chi connectivity index (χ3v) is 5.19. The summed E-state index contributed by atoms with van der Waals surface area (Å²) in [5, 5.41) is 7.26. The SMILES string of the molecule is O=C(CCn1cncn1)NC1CCCN(C2CCCCCC2)C1. The molecule has 128 valence electrons. The number of nitrogens with one attached hydrogen (secondary N) is 1. The molecule has 1 aromatic rings. The van der Waals surface area contributed by atoms with Crippen LogP contribution in [-0.4, -0.2) is 50.7 Å². The molecule has 0 spiro atoms. The first kappa shape index (κ1) is 16.4. The van der Waals surface area contributed by atoms with Gasteiger partial charge in [0.05, 0.1) is 6.54 Å². The van der Waals surface area contributed by atoms with Gasteiger partial charge in [0.2, 0.25) is 5.91 Å². The van der Waals surface area contributed by atoms with E-state index in [2.05, 4.69) is 20.3 Å². The van der Waals surface area contributed by atoms with Crippen molar-refractivity contribution < 1.29 is 4.79 Å². The average Bonchev–Trinajstić information content (AvgIpc) is 2.93. The van der Waals surface area contributed by atoms with Crippen molar-refractivity contribution in [2.45, 2.75) is 76.4 Å². The molecule has 0 aromatic carbocycles. The van der Waals surface area contributed by atoms with Crippen molar-refractivity contribution in [3.8, 4) is 0 Å². The number of piperidine rings is 1. The van der Waals surface area contributed by atoms with E-state index in [0.717, 1.165) is 19.0 Å². The lowest BCUT2D eigenvalue weighted by atomic mass is 10.00. The standard InChI is InChI=1S/C17H29N5O/c23-17(9-11-22-14-18-13-19-22)20-15-6-5-10-21(12-15)16-7-3-1-2-4-8-16/h13-16H,1-12H2,(H,20,23). The van der Waals surface area contributed by atoms with Crippen LogP contribution in [0, 0.1) is 0 Å². The highest BCUT2D eigenvalue weighted by Gasteiger charge is 2.27. The van der Waals surface area contributed by atoms with Crippen LogP contribution in [0.5, 0.6) is 0 Å². The molecule has 2 aliphatic rings. The fourth-order valence-electron chi connectivity index (χ4n) is 3.94. The van der Waals surface area contributed by atoms with Gasteiger partial charge in [0.25, 0.3) is 0 Å². The second-order valence-electron chi connectivity index (χ2n) is 6.96. The number of hydrogen-bond acceptors (Lipinski definition) is 4. The quantitative estimate of drug-likeness (QED) is 0.843. The molecule has 1 aliphatic carbocycles. The van der Waals surface area contributed by atoms with Gasteiger partial charge in [-0.25, -0.2) is 4.98 Å². The highest BCUT2D eigenvalue weighted by atomic mass is 16.1. The summed E-state index contributed by atoms with van der Waals surface area (Å²) in [4.78, 5) is 18.7. The Hall–Kier alpha value is -1.43. The van der Waals surface area contributed by atoms with Gasteiger partial charge < -0.3 is 5.32 Å². The van der Waals surface area contributed by atoms with E-state index in [-0.39, 0.29) is 5.91 Å². The molecule has 1 atom stereocenters. The predicted octanol–water partition coefficient (Wildman–Crippen LogP) is 1.97. The van der Waals surface area contributed by atoms with E-state index in [9.17, 15) is 4.79 Å². The van der Waals surface area contributed by atoms with Crippen molar-refractivity contribution in [3.63, 3.8) is 0 Å². The fraction of sp³-hybridized carbons (Fsp3) is 0.824. The number of amides is 1. The molecule has 1 amide bonds. The summed E-state index contributed by atoms with van der Waals surface area (Å²) in [6.07, 6.45) is 14.2. The molecule has 1 unspecified atom stereocenters. The van der Waals surface area contributed by atoms with Crippen LogP contribution < -0.4 is 5.32 Å². The van der Waals surface area contributed by atoms with Gasteiger partial charge in [-0.2, -0.15) is 5.10 Å². The molecule has 0 radical (unpaired) electrons. The average molecular weight is 319 g/mol. The minimum atomic E-state index is 0.133. The second kappa shape index (κ2) is 8.43.